The molecular weight excluding hydrogens is 300 g/mol. The van der Waals surface area contributed by atoms with Crippen LogP contribution in [0.2, 0.25) is 0 Å². The quantitative estimate of drug-likeness (QED) is 0.879. The number of benzene rings is 1. The number of anilines is 2. The van der Waals surface area contributed by atoms with Crippen molar-refractivity contribution in [3.05, 3.63) is 28.6 Å². The summed E-state index contributed by atoms with van der Waals surface area (Å²) in [4.78, 5) is 0. The van der Waals surface area contributed by atoms with Crippen LogP contribution < -0.4 is 15.8 Å². The molecule has 2 rings (SSSR count). The van der Waals surface area contributed by atoms with Crippen LogP contribution in [0.5, 0.6) is 5.75 Å². The van der Waals surface area contributed by atoms with Crippen LogP contribution in [0.4, 0.5) is 11.7 Å². The van der Waals surface area contributed by atoms with Crippen molar-refractivity contribution in [2.75, 3.05) is 19.0 Å². The third kappa shape index (κ3) is 2.99. The Morgan fingerprint density at radius 3 is 3.00 bits per heavy atom. The number of nitrogens with two attached hydrogens (primary N) is 1. The number of ether oxygens (including phenoxy) is 1. The fourth-order valence-electron chi connectivity index (χ4n) is 1.39. The Hall–Kier alpha value is -1.60. The average Bonchev–Trinajstić information content (AvgIpc) is 2.80. The fourth-order valence-corrected chi connectivity index (χ4v) is 1.80. The van der Waals surface area contributed by atoms with Crippen LogP contribution in [0.1, 0.15) is 5.89 Å². The molecule has 0 saturated heterocycles. The third-order valence-corrected chi connectivity index (χ3v) is 2.88. The SMILES string of the molecule is COc1cc(Nc2nnc(CCN)o2)ccc1Br. The number of methoxy groups -OCH3 is 1. The minimum Gasteiger partial charge on any atom is -0.495 e. The number of nitrogens with zero attached hydrogens (tertiary/aromatic N) is 2. The van der Waals surface area contributed by atoms with Crippen LogP contribution in [0.3, 0.4) is 0 Å². The molecule has 1 heterocycles. The Labute approximate surface area is 113 Å². The van der Waals surface area contributed by atoms with Gasteiger partial charge in [-0.25, -0.2) is 0 Å². The lowest BCUT2D eigenvalue weighted by Gasteiger charge is -2.06. The van der Waals surface area contributed by atoms with Crippen molar-refractivity contribution in [1.29, 1.82) is 0 Å². The van der Waals surface area contributed by atoms with Crippen LogP contribution in [-0.4, -0.2) is 23.9 Å². The summed E-state index contributed by atoms with van der Waals surface area (Å²) in [5.41, 5.74) is 6.21. The molecule has 0 amide bonds. The van der Waals surface area contributed by atoms with Crippen LogP contribution in [0.15, 0.2) is 27.1 Å². The molecule has 0 atom stereocenters. The van der Waals surface area contributed by atoms with Gasteiger partial charge in [0.05, 0.1) is 11.6 Å². The molecule has 96 valence electrons. The van der Waals surface area contributed by atoms with Gasteiger partial charge < -0.3 is 20.2 Å². The molecule has 0 radical (unpaired) electrons. The van der Waals surface area contributed by atoms with Gasteiger partial charge in [-0.15, -0.1) is 5.10 Å². The summed E-state index contributed by atoms with van der Waals surface area (Å²) >= 11 is 3.38. The van der Waals surface area contributed by atoms with E-state index in [9.17, 15) is 0 Å². The predicted molar refractivity (Wildman–Crippen MR) is 71.0 cm³/mol. The molecule has 18 heavy (non-hydrogen) atoms. The first-order valence-corrected chi connectivity index (χ1v) is 6.15. The minimum atomic E-state index is 0.336. The minimum absolute atomic E-state index is 0.336. The van der Waals surface area contributed by atoms with Gasteiger partial charge in [0.2, 0.25) is 5.89 Å². The van der Waals surface area contributed by atoms with Gasteiger partial charge >= 0.3 is 6.01 Å². The zero-order valence-corrected chi connectivity index (χ0v) is 11.4. The van der Waals surface area contributed by atoms with Crippen molar-refractivity contribution < 1.29 is 9.15 Å². The lowest BCUT2D eigenvalue weighted by molar-refractivity contribution is 0.412. The molecule has 0 saturated carbocycles. The number of hydrogen-bond donors (Lipinski definition) is 2. The van der Waals surface area contributed by atoms with Gasteiger partial charge in [0, 0.05) is 24.7 Å². The van der Waals surface area contributed by atoms with Crippen molar-refractivity contribution >= 4 is 27.6 Å². The van der Waals surface area contributed by atoms with E-state index in [0.717, 1.165) is 15.9 Å². The van der Waals surface area contributed by atoms with E-state index in [1.165, 1.54) is 0 Å². The van der Waals surface area contributed by atoms with Crippen molar-refractivity contribution in [3.63, 3.8) is 0 Å². The third-order valence-electron chi connectivity index (χ3n) is 2.23. The van der Waals surface area contributed by atoms with E-state index in [1.807, 2.05) is 18.2 Å². The van der Waals surface area contributed by atoms with E-state index in [2.05, 4.69) is 31.4 Å². The number of hydrogen-bond acceptors (Lipinski definition) is 6. The molecule has 2 aromatic rings. The lowest BCUT2D eigenvalue weighted by atomic mass is 10.3. The highest BCUT2D eigenvalue weighted by atomic mass is 79.9. The molecule has 0 unspecified atom stereocenters. The Balaban J connectivity index is 2.12. The van der Waals surface area contributed by atoms with Crippen molar-refractivity contribution in [2.24, 2.45) is 5.73 Å². The zero-order chi connectivity index (χ0) is 13.0. The van der Waals surface area contributed by atoms with Gasteiger partial charge in [0.15, 0.2) is 0 Å². The monoisotopic (exact) mass is 312 g/mol. The molecule has 7 heteroatoms. The van der Waals surface area contributed by atoms with Crippen molar-refractivity contribution in [2.45, 2.75) is 6.42 Å². The molecule has 3 N–H and O–H groups in total. The summed E-state index contributed by atoms with van der Waals surface area (Å²) in [6, 6.07) is 5.91. The highest BCUT2D eigenvalue weighted by Gasteiger charge is 2.07. The molecule has 0 spiro atoms. The molecule has 0 aliphatic heterocycles. The smallest absolute Gasteiger partial charge is 0.320 e. The Morgan fingerprint density at radius 2 is 2.28 bits per heavy atom. The topological polar surface area (TPSA) is 86.2 Å². The molecule has 0 aliphatic rings. The number of aromatic nitrogens is 2. The summed E-state index contributed by atoms with van der Waals surface area (Å²) in [5.74, 6) is 1.24. The van der Waals surface area contributed by atoms with Crippen molar-refractivity contribution in [3.8, 4) is 5.75 Å². The van der Waals surface area contributed by atoms with E-state index in [-0.39, 0.29) is 0 Å². The highest BCUT2D eigenvalue weighted by molar-refractivity contribution is 9.10. The van der Waals surface area contributed by atoms with E-state index < -0.39 is 0 Å². The van der Waals surface area contributed by atoms with E-state index in [1.54, 1.807) is 7.11 Å². The van der Waals surface area contributed by atoms with Gasteiger partial charge in [-0.3, -0.25) is 0 Å². The maximum absolute atomic E-state index is 5.41. The predicted octanol–water partition coefficient (Wildman–Crippen LogP) is 2.09. The van der Waals surface area contributed by atoms with Crippen LogP contribution in [-0.2, 0) is 6.42 Å². The number of nitrogens with one attached hydrogen (secondary N) is 1. The number of rotatable bonds is 5. The average molecular weight is 313 g/mol. The summed E-state index contributed by atoms with van der Waals surface area (Å²) in [5, 5.41) is 10.7. The normalized spacial score (nSPS) is 10.4. The maximum atomic E-state index is 5.41. The first-order chi connectivity index (χ1) is 8.72. The van der Waals surface area contributed by atoms with Crippen LogP contribution >= 0.6 is 15.9 Å². The van der Waals surface area contributed by atoms with Crippen LogP contribution in [0, 0.1) is 0 Å². The Kier molecular flexibility index (Phi) is 4.16. The maximum Gasteiger partial charge on any atom is 0.320 e. The Morgan fingerprint density at radius 1 is 1.44 bits per heavy atom. The molecule has 6 nitrogen and oxygen atoms in total. The summed E-state index contributed by atoms with van der Waals surface area (Å²) in [6.45, 7) is 0.480. The van der Waals surface area contributed by atoms with Gasteiger partial charge in [-0.1, -0.05) is 5.10 Å². The van der Waals surface area contributed by atoms with E-state index in [0.29, 0.717) is 24.9 Å². The van der Waals surface area contributed by atoms with Gasteiger partial charge in [-0.2, -0.15) is 0 Å². The van der Waals surface area contributed by atoms with Crippen molar-refractivity contribution in [1.82, 2.24) is 10.2 Å². The highest BCUT2D eigenvalue weighted by Crippen LogP contribution is 2.29. The second-order valence-corrected chi connectivity index (χ2v) is 4.37. The molecule has 0 aliphatic carbocycles. The van der Waals surface area contributed by atoms with Gasteiger partial charge in [0.1, 0.15) is 5.75 Å². The molecule has 1 aromatic carbocycles. The van der Waals surface area contributed by atoms with Gasteiger partial charge in [-0.05, 0) is 28.1 Å². The number of halogens is 1. The Bertz CT molecular complexity index is 530. The van der Waals surface area contributed by atoms with Gasteiger partial charge in [0.25, 0.3) is 0 Å². The first-order valence-electron chi connectivity index (χ1n) is 5.36. The second-order valence-electron chi connectivity index (χ2n) is 3.51. The zero-order valence-electron chi connectivity index (χ0n) is 9.81. The molecular formula is C11H13BrN4O2. The largest absolute Gasteiger partial charge is 0.495 e. The van der Waals surface area contributed by atoms with E-state index >= 15 is 0 Å². The summed E-state index contributed by atoms with van der Waals surface area (Å²) in [6.07, 6.45) is 0.568. The molecule has 0 bridgehead atoms. The lowest BCUT2D eigenvalue weighted by Crippen LogP contribution is -2.02. The molecule has 0 fully saturated rings. The fraction of sp³-hybridized carbons (Fsp3) is 0.273. The second kappa shape index (κ2) is 5.83. The summed E-state index contributed by atoms with van der Waals surface area (Å²) in [7, 11) is 1.61. The van der Waals surface area contributed by atoms with Crippen LogP contribution in [0.25, 0.3) is 0 Å². The standard InChI is InChI=1S/C11H13BrN4O2/c1-17-9-6-7(2-3-8(9)12)14-11-16-15-10(18-11)4-5-13/h2-3,6H,4-5,13H2,1H3,(H,14,16). The molecule has 1 aromatic heterocycles. The first kappa shape index (κ1) is 12.8. The van der Waals surface area contributed by atoms with E-state index in [4.69, 9.17) is 14.9 Å². The summed E-state index contributed by atoms with van der Waals surface area (Å²) < 4.78 is 11.4.